The highest BCUT2D eigenvalue weighted by Gasteiger charge is 2.33. The summed E-state index contributed by atoms with van der Waals surface area (Å²) in [4.78, 5) is 112. The summed E-state index contributed by atoms with van der Waals surface area (Å²) in [5, 5.41) is 63.6. The number of nitrogens with zero attached hydrogens (tertiary/aromatic N) is 5. The lowest BCUT2D eigenvalue weighted by Gasteiger charge is -2.22. The number of aldehydes is 2. The Morgan fingerprint density at radius 2 is 1.07 bits per heavy atom. The van der Waals surface area contributed by atoms with Crippen molar-refractivity contribution in [3.63, 3.8) is 0 Å². The second-order valence-corrected chi connectivity index (χ2v) is 21.7. The molecule has 2 N–H and O–H groups in total. The maximum absolute atomic E-state index is 13.1. The molecule has 0 fully saturated rings. The van der Waals surface area contributed by atoms with E-state index >= 15 is 0 Å². The number of rotatable bonds is 26. The zero-order chi connectivity index (χ0) is 71.8. The van der Waals surface area contributed by atoms with E-state index in [-0.39, 0.29) is 93.3 Å². The van der Waals surface area contributed by atoms with Gasteiger partial charge in [0, 0.05) is 41.0 Å². The normalized spacial score (nSPS) is 11.9. The Morgan fingerprint density at radius 1 is 0.588 bits per heavy atom. The number of aryl methyl sites for hydroxylation is 1. The van der Waals surface area contributed by atoms with Crippen molar-refractivity contribution in [3.8, 4) is 17.2 Å². The average molecular weight is 1390 g/mol. The topological polar surface area (TPSA) is 415 Å². The Labute approximate surface area is 548 Å². The van der Waals surface area contributed by atoms with Gasteiger partial charge in [-0.05, 0) is 99.5 Å². The van der Waals surface area contributed by atoms with E-state index in [9.17, 15) is 92.4 Å². The molecule has 8 aromatic rings. The van der Waals surface area contributed by atoms with Crippen molar-refractivity contribution in [1.29, 1.82) is 0 Å². The summed E-state index contributed by atoms with van der Waals surface area (Å²) in [5.74, 6) is -0.406. The molecule has 0 saturated carbocycles. The number of carbonyl (C=O) groups is 3. The summed E-state index contributed by atoms with van der Waals surface area (Å²) < 4.78 is 79.4. The van der Waals surface area contributed by atoms with Crippen LogP contribution in [-0.4, -0.2) is 72.5 Å². The maximum atomic E-state index is 13.1. The summed E-state index contributed by atoms with van der Waals surface area (Å²) in [6, 6.07) is 46.7. The lowest BCUT2D eigenvalue weighted by atomic mass is 10.1. The first-order chi connectivity index (χ1) is 46.0. The number of nitro benzene ring substituents is 5. The van der Waals surface area contributed by atoms with E-state index in [1.165, 1.54) is 91.9 Å². The zero-order valence-electron chi connectivity index (χ0n) is 51.1. The number of nitro groups is 5. The summed E-state index contributed by atoms with van der Waals surface area (Å²) >= 11 is 0. The van der Waals surface area contributed by atoms with Crippen molar-refractivity contribution in [3.05, 3.63) is 283 Å². The van der Waals surface area contributed by atoms with Crippen molar-refractivity contribution < 1.29 is 109 Å². The number of benzene rings is 8. The van der Waals surface area contributed by atoms with Crippen LogP contribution in [0.4, 0.5) is 41.6 Å². The van der Waals surface area contributed by atoms with Gasteiger partial charge in [-0.2, -0.15) is 18.1 Å². The van der Waals surface area contributed by atoms with Crippen molar-refractivity contribution in [2.45, 2.75) is 59.3 Å². The molecule has 0 saturated heterocycles. The number of phenols is 1. The Hall–Kier alpha value is -11.0. The highest BCUT2D eigenvalue weighted by atomic mass is 31.2. The molecule has 97 heavy (non-hydrogen) atoms. The summed E-state index contributed by atoms with van der Waals surface area (Å²) in [6.07, 6.45) is -5.46. The van der Waals surface area contributed by atoms with Crippen LogP contribution in [0.1, 0.15) is 91.9 Å². The third-order valence-electron chi connectivity index (χ3n) is 12.3. The van der Waals surface area contributed by atoms with Crippen LogP contribution in [0.2, 0.25) is 0 Å². The number of alkyl halides is 3. The molecule has 510 valence electrons. The number of hydrogen-bond acceptors (Lipinski definition) is 24. The molecule has 35 heteroatoms. The molecule has 30 nitrogen and oxygen atoms in total. The van der Waals surface area contributed by atoms with Crippen LogP contribution in [0.5, 0.6) is 17.2 Å². The Morgan fingerprint density at radius 3 is 1.60 bits per heavy atom. The minimum Gasteiger partial charge on any atom is -0.508 e. The molecule has 0 radical (unpaired) electrons. The Kier molecular flexibility index (Phi) is 31.6. The van der Waals surface area contributed by atoms with E-state index in [0.29, 0.717) is 34.6 Å². The summed E-state index contributed by atoms with van der Waals surface area (Å²) in [6.45, 7) is 4.73. The van der Waals surface area contributed by atoms with E-state index < -0.39 is 71.4 Å². The van der Waals surface area contributed by atoms with Crippen LogP contribution in [0, 0.1) is 57.5 Å². The first-order valence-electron chi connectivity index (χ1n) is 27.7. The second-order valence-electron chi connectivity index (χ2n) is 19.0. The molecule has 0 bridgehead atoms. The van der Waals surface area contributed by atoms with Gasteiger partial charge < -0.3 is 19.3 Å². The van der Waals surface area contributed by atoms with Gasteiger partial charge >= 0.3 is 28.0 Å². The van der Waals surface area contributed by atoms with Gasteiger partial charge in [0.05, 0.1) is 76.0 Å². The fraction of sp³-hybridized carbons (Fsp3) is 0.177. The van der Waals surface area contributed by atoms with Gasteiger partial charge in [-0.25, -0.2) is 14.6 Å². The summed E-state index contributed by atoms with van der Waals surface area (Å²) in [5.41, 5.74) is 1.04. The number of aromatic hydroxyl groups is 1. The number of hydrogen-bond donors (Lipinski definition) is 2. The average Bonchev–Trinajstić information content (AvgIpc) is 0.826. The van der Waals surface area contributed by atoms with Crippen LogP contribution in [-0.2, 0) is 50.6 Å². The molecule has 0 amide bonds. The molecule has 0 aliphatic rings. The molecule has 0 spiro atoms. The second kappa shape index (κ2) is 39.0. The largest absolute Gasteiger partial charge is 0.695 e. The molecule has 0 aliphatic heterocycles. The third-order valence-corrected chi connectivity index (χ3v) is 14.8. The van der Waals surface area contributed by atoms with E-state index in [1.54, 1.807) is 112 Å². The lowest BCUT2D eigenvalue weighted by Crippen LogP contribution is -2.18. The number of esters is 1. The van der Waals surface area contributed by atoms with Gasteiger partial charge in [0.25, 0.3) is 28.4 Å². The molecule has 8 aromatic carbocycles. The van der Waals surface area contributed by atoms with Crippen molar-refractivity contribution >= 4 is 68.1 Å². The van der Waals surface area contributed by atoms with Crippen molar-refractivity contribution in [2.75, 3.05) is 13.2 Å². The first kappa shape index (κ1) is 78.5. The minimum absolute atomic E-state index is 0.0141. The number of para-hydroxylation sites is 4. The van der Waals surface area contributed by atoms with E-state index in [1.807, 2.05) is 0 Å². The van der Waals surface area contributed by atoms with Gasteiger partial charge in [-0.15, -0.1) is 9.42 Å². The lowest BCUT2D eigenvalue weighted by molar-refractivity contribution is -0.390. The number of halogens is 3. The molecule has 4 unspecified atom stereocenters. The predicted molar refractivity (Wildman–Crippen MR) is 337 cm³/mol. The predicted octanol–water partition coefficient (Wildman–Crippen LogP) is 14.7. The number of phenolic OH excluding ortho intramolecular Hbond substituents is 1. The third kappa shape index (κ3) is 25.7. The van der Waals surface area contributed by atoms with Crippen LogP contribution < -0.4 is 14.9 Å². The first-order valence-corrected chi connectivity index (χ1v) is 30.3. The Balaban J connectivity index is 0.000000270. The van der Waals surface area contributed by atoms with Gasteiger partial charge in [-0.3, -0.25) is 69.2 Å². The van der Waals surface area contributed by atoms with Gasteiger partial charge in [0.2, 0.25) is 0 Å². The highest BCUT2D eigenvalue weighted by molar-refractivity contribution is 7.62. The molecule has 0 heterocycles. The molecule has 8 rings (SSSR count). The van der Waals surface area contributed by atoms with Crippen molar-refractivity contribution in [1.82, 2.24) is 0 Å². The molecule has 0 aromatic heterocycles. The summed E-state index contributed by atoms with van der Waals surface area (Å²) in [7, 11) is -6.29. The quantitative estimate of drug-likeness (QED) is 0.00967. The molecular formula is C62H57F3N5O25P2+. The highest BCUT2D eigenvalue weighted by Crippen LogP contribution is 2.51. The monoisotopic (exact) mass is 1390 g/mol. The number of carbonyl (C=O) groups excluding carboxylic acids is 3. The van der Waals surface area contributed by atoms with Gasteiger partial charge in [0.15, 0.2) is 24.9 Å². The SMILES string of the molecule is CC(OOCC(F)(F)F)c1ccccc1[N+](=O)[O-].CCOP(=O)(OC(C)c1ccccc1[N+](=O)[O-])c1ccccc1.Cc1ccc(OOCc2ccccc2C(=O)Oc2ccc([N+](=O)[O-])c(C=O)c2)cc1O.O=Cc1ccccc1[N+](=O)[O-].O=[N+]([O-])c1ccccc1CO[P+](=O)O. The molecule has 0 aliphatic carbocycles. The molecule has 4 atom stereocenters. The van der Waals surface area contributed by atoms with E-state index in [4.69, 9.17) is 28.5 Å². The minimum atomic E-state index is -4.51. The van der Waals surface area contributed by atoms with Crippen LogP contribution in [0.15, 0.2) is 188 Å². The fourth-order valence-electron chi connectivity index (χ4n) is 7.82. The Bertz CT molecular complexity index is 4100. The van der Waals surface area contributed by atoms with Crippen LogP contribution >= 0.6 is 15.9 Å². The zero-order valence-corrected chi connectivity index (χ0v) is 52.9. The van der Waals surface area contributed by atoms with Crippen LogP contribution in [0.3, 0.4) is 0 Å². The number of ether oxygens (including phenoxy) is 1. The van der Waals surface area contributed by atoms with Crippen LogP contribution in [0.25, 0.3) is 0 Å². The van der Waals surface area contributed by atoms with Gasteiger partial charge in [-0.1, -0.05) is 91.0 Å². The molecular weight excluding hydrogens is 1330 g/mol. The van der Waals surface area contributed by atoms with Gasteiger partial charge in [0.1, 0.15) is 30.8 Å². The van der Waals surface area contributed by atoms with E-state index in [2.05, 4.69) is 14.3 Å². The standard InChI is InChI=1S/C22H17NO8.C16H18NO5P.C10H10F3NO4.C7H6NO5P.C7H5NO3/c1-14-6-7-18(11-21(14)25)31-29-13-15-4-2-3-5-19(15)22(26)30-17-8-9-20(23(27)28)16(10-17)12-24;1-3-21-23(20,14-9-5-4-6-10-14)22-13(2)15-11-7-8-12-16(15)17(18)19;1-7(18-17-6-10(11,12)13)8-4-2-3-5-9(8)14(15)16;9-8(10)7-4-2-1-3-6(7)5-13-14(11)12;9-5-6-3-1-2-4-7(6)8(10)11/h2-12,25H,13H2,1H3;4-13H,3H2,1-2H3;2-5,7H,6H2,1H3;1-4H,5H2;1-5H/p+1. The fourth-order valence-corrected chi connectivity index (χ4v) is 9.80. The van der Waals surface area contributed by atoms with E-state index in [0.717, 1.165) is 12.1 Å². The maximum Gasteiger partial charge on any atom is 0.695 e. The smallest absolute Gasteiger partial charge is 0.508 e. The van der Waals surface area contributed by atoms with Crippen molar-refractivity contribution in [2.24, 2.45) is 0 Å².